The molecule has 11 heteroatoms. The van der Waals surface area contributed by atoms with Crippen LogP contribution in [0.1, 0.15) is 27.4 Å². The Balaban J connectivity index is 1.57. The second kappa shape index (κ2) is 9.34. The largest absolute Gasteiger partial charge is 0.447 e. The number of rotatable bonds is 6. The molecule has 1 atom stereocenters. The van der Waals surface area contributed by atoms with E-state index < -0.39 is 23.3 Å². The van der Waals surface area contributed by atoms with Gasteiger partial charge >= 0.3 is 6.09 Å². The van der Waals surface area contributed by atoms with E-state index in [9.17, 15) is 18.4 Å². The molecular weight excluding hydrogens is 468 g/mol. The number of benzene rings is 2. The molecule has 0 aliphatic carbocycles. The fourth-order valence-corrected chi connectivity index (χ4v) is 4.25. The van der Waals surface area contributed by atoms with E-state index in [1.165, 1.54) is 11.1 Å². The molecule has 1 saturated heterocycles. The molecule has 2 amide bonds. The summed E-state index contributed by atoms with van der Waals surface area (Å²) in [5.41, 5.74) is 2.68. The Bertz CT molecular complexity index is 1240. The molecule has 1 N–H and O–H groups in total. The molecule has 1 aliphatic rings. The molecule has 0 spiro atoms. The first kappa shape index (κ1) is 23.0. The van der Waals surface area contributed by atoms with Crippen LogP contribution < -0.4 is 9.21 Å². The van der Waals surface area contributed by atoms with Crippen molar-refractivity contribution in [3.63, 3.8) is 0 Å². The molecule has 33 heavy (non-hydrogen) atoms. The van der Waals surface area contributed by atoms with Gasteiger partial charge in [0.25, 0.3) is 17.2 Å². The van der Waals surface area contributed by atoms with E-state index >= 15 is 0 Å². The van der Waals surface area contributed by atoms with E-state index in [4.69, 9.17) is 16.3 Å². The second-order valence-corrected chi connectivity index (χ2v) is 8.74. The number of ether oxygens (including phenoxy) is 1. The summed E-state index contributed by atoms with van der Waals surface area (Å²) in [6.07, 6.45) is 1.11. The number of carbonyl (C=O) groups excluding carboxylic acids is 2. The Hall–Kier alpha value is -3.21. The predicted molar refractivity (Wildman–Crippen MR) is 125 cm³/mol. The first-order chi connectivity index (χ1) is 15.7. The van der Waals surface area contributed by atoms with Crippen LogP contribution in [0.2, 0.25) is 5.02 Å². The molecule has 1 aromatic heterocycles. The minimum absolute atomic E-state index is 0.0306. The zero-order valence-corrected chi connectivity index (χ0v) is 19.5. The number of anilines is 2. The Kier molecular flexibility index (Phi) is 6.50. The van der Waals surface area contributed by atoms with Crippen molar-refractivity contribution >= 4 is 46.2 Å². The van der Waals surface area contributed by atoms with Crippen LogP contribution in [-0.2, 0) is 22.5 Å². The number of imidazole rings is 1. The quantitative estimate of drug-likeness (QED) is 0.527. The van der Waals surface area contributed by atoms with E-state index in [-0.39, 0.29) is 11.4 Å². The number of amides is 2. The molecule has 1 fully saturated rings. The van der Waals surface area contributed by atoms with Crippen molar-refractivity contribution in [2.24, 2.45) is 0 Å². The number of cyclic esters (lactones) is 1. The van der Waals surface area contributed by atoms with Gasteiger partial charge in [-0.15, -0.1) is 0 Å². The number of aromatic nitrogens is 2. The summed E-state index contributed by atoms with van der Waals surface area (Å²) in [4.78, 5) is 30.6. The summed E-state index contributed by atoms with van der Waals surface area (Å²) in [6.45, 7) is 4.73. The lowest BCUT2D eigenvalue weighted by Crippen LogP contribution is -2.32. The van der Waals surface area contributed by atoms with Crippen LogP contribution in [0.25, 0.3) is 0 Å². The van der Waals surface area contributed by atoms with Gasteiger partial charge in [-0.25, -0.2) is 18.3 Å². The smallest absolute Gasteiger partial charge is 0.414 e. The number of halogens is 1. The van der Waals surface area contributed by atoms with Gasteiger partial charge in [-0.2, -0.15) is 0 Å². The third-order valence-electron chi connectivity index (χ3n) is 5.25. The lowest BCUT2D eigenvalue weighted by atomic mass is 10.2. The molecule has 0 bridgehead atoms. The first-order valence-electron chi connectivity index (χ1n) is 10.0. The molecule has 2 aromatic carbocycles. The molecular formula is C22H21ClN4O5S. The average Bonchev–Trinajstić information content (AvgIpc) is 3.36. The van der Waals surface area contributed by atoms with Crippen LogP contribution in [0.5, 0.6) is 0 Å². The van der Waals surface area contributed by atoms with Crippen LogP contribution in [-0.4, -0.2) is 43.5 Å². The Morgan fingerprint density at radius 2 is 1.97 bits per heavy atom. The highest BCUT2D eigenvalue weighted by Gasteiger charge is 2.26. The second-order valence-electron chi connectivity index (χ2n) is 7.51. The Morgan fingerprint density at radius 1 is 1.24 bits per heavy atom. The summed E-state index contributed by atoms with van der Waals surface area (Å²) in [7, 11) is 0. The molecule has 1 unspecified atom stereocenters. The van der Waals surface area contributed by atoms with Crippen LogP contribution in [0, 0.1) is 13.8 Å². The third-order valence-corrected chi connectivity index (χ3v) is 6.29. The van der Waals surface area contributed by atoms with Crippen molar-refractivity contribution in [3.05, 3.63) is 76.3 Å². The van der Waals surface area contributed by atoms with Crippen molar-refractivity contribution in [1.82, 2.24) is 9.55 Å². The van der Waals surface area contributed by atoms with Gasteiger partial charge in [0.05, 0.1) is 18.8 Å². The predicted octanol–water partition coefficient (Wildman–Crippen LogP) is 3.94. The highest BCUT2D eigenvalue weighted by molar-refractivity contribution is 7.81. The van der Waals surface area contributed by atoms with E-state index in [0.29, 0.717) is 36.2 Å². The van der Waals surface area contributed by atoms with E-state index in [0.717, 1.165) is 15.4 Å². The van der Waals surface area contributed by atoms with Crippen molar-refractivity contribution in [3.8, 4) is 0 Å². The van der Waals surface area contributed by atoms with Crippen LogP contribution in [0.3, 0.4) is 0 Å². The summed E-state index contributed by atoms with van der Waals surface area (Å²) in [6, 6.07) is 12.0. The van der Waals surface area contributed by atoms with Crippen molar-refractivity contribution in [1.29, 1.82) is 0 Å². The number of nitrogens with zero attached hydrogens (tertiary/aromatic N) is 4. The maximum absolute atomic E-state index is 13.0. The third kappa shape index (κ3) is 4.77. The topological polar surface area (TPSA) is 105 Å². The van der Waals surface area contributed by atoms with Gasteiger partial charge < -0.3 is 9.30 Å². The fraction of sp³-hybridized carbons (Fsp3) is 0.227. The fourth-order valence-electron chi connectivity index (χ4n) is 3.48. The highest BCUT2D eigenvalue weighted by Crippen LogP contribution is 2.27. The van der Waals surface area contributed by atoms with Gasteiger partial charge in [0.2, 0.25) is 0 Å². The van der Waals surface area contributed by atoms with Crippen molar-refractivity contribution in [2.45, 2.75) is 20.4 Å². The summed E-state index contributed by atoms with van der Waals surface area (Å²) < 4.78 is 29.1. The Morgan fingerprint density at radius 3 is 2.58 bits per heavy atom. The minimum Gasteiger partial charge on any atom is -0.447 e. The molecule has 1 aliphatic heterocycles. The van der Waals surface area contributed by atoms with E-state index in [2.05, 4.69) is 4.98 Å². The summed E-state index contributed by atoms with van der Waals surface area (Å²) in [5.74, 6) is -0.162. The molecule has 2 heterocycles. The maximum Gasteiger partial charge on any atom is 0.414 e. The summed E-state index contributed by atoms with van der Waals surface area (Å²) >= 11 is 3.88. The number of carbonyl (C=O) groups is 2. The molecule has 172 valence electrons. The van der Waals surface area contributed by atoms with Gasteiger partial charge in [-0.05, 0) is 43.7 Å². The van der Waals surface area contributed by atoms with Crippen molar-refractivity contribution < 1.29 is 23.1 Å². The lowest BCUT2D eigenvalue weighted by molar-refractivity contribution is 0.100. The molecule has 4 rings (SSSR count). The number of hydrogen-bond donors (Lipinski definition) is 1. The number of aryl methyl sites for hydroxylation is 2. The zero-order valence-electron chi connectivity index (χ0n) is 17.9. The van der Waals surface area contributed by atoms with E-state index in [1.807, 2.05) is 6.92 Å². The first-order valence-corrected chi connectivity index (χ1v) is 11.5. The minimum atomic E-state index is -2.57. The number of hydrogen-bond acceptors (Lipinski definition) is 5. The lowest BCUT2D eigenvalue weighted by Gasteiger charge is -2.17. The van der Waals surface area contributed by atoms with Crippen LogP contribution in [0.15, 0.2) is 48.7 Å². The van der Waals surface area contributed by atoms with Gasteiger partial charge in [0, 0.05) is 16.9 Å². The molecule has 0 radical (unpaired) electrons. The average molecular weight is 489 g/mol. The summed E-state index contributed by atoms with van der Waals surface area (Å²) in [5, 5.41) is 0.450. The van der Waals surface area contributed by atoms with Gasteiger partial charge in [-0.3, -0.25) is 14.2 Å². The van der Waals surface area contributed by atoms with Gasteiger partial charge in [0.15, 0.2) is 0 Å². The zero-order chi connectivity index (χ0) is 23.7. The van der Waals surface area contributed by atoms with E-state index in [1.54, 1.807) is 54.0 Å². The highest BCUT2D eigenvalue weighted by atomic mass is 35.5. The normalized spacial score (nSPS) is 14.3. The monoisotopic (exact) mass is 488 g/mol. The maximum atomic E-state index is 13.0. The van der Waals surface area contributed by atoms with Crippen LogP contribution >= 0.6 is 11.6 Å². The molecule has 0 saturated carbocycles. The van der Waals surface area contributed by atoms with Crippen molar-refractivity contribution in [2.75, 3.05) is 22.4 Å². The van der Waals surface area contributed by atoms with Gasteiger partial charge in [-0.1, -0.05) is 35.4 Å². The van der Waals surface area contributed by atoms with Gasteiger partial charge in [0.1, 0.15) is 18.1 Å². The standard InChI is InChI=1S/C22H21ClN4O5S/c1-14-3-6-17(7-4-14)27(33(30)31)21(28)20-13-25(15(2)24-20)12-16-5-8-18(11-19(16)23)26-9-10-32-22(26)29/h3-8,11,13H,9-10,12H2,1-2H3,(H,30,31). The molecule has 9 nitrogen and oxygen atoms in total. The molecule has 3 aromatic rings. The van der Waals surface area contributed by atoms with Crippen LogP contribution in [0.4, 0.5) is 16.2 Å². The SMILES string of the molecule is Cc1ccc(N(C(=O)c2cn(Cc3ccc(N4CCOC4=O)cc3Cl)c(C)n2)S(=O)O)cc1. The Labute approximate surface area is 198 Å².